The maximum atomic E-state index is 13.4. The van der Waals surface area contributed by atoms with E-state index in [-0.39, 0.29) is 17.8 Å². The number of rotatable bonds is 4. The molecule has 1 amide bonds. The van der Waals surface area contributed by atoms with Crippen molar-refractivity contribution in [3.05, 3.63) is 34.1 Å². The Hall–Kier alpha value is -0.940. The van der Waals surface area contributed by atoms with Crippen LogP contribution in [0.5, 0.6) is 0 Å². The summed E-state index contributed by atoms with van der Waals surface area (Å²) >= 11 is 3.19. The zero-order valence-electron chi connectivity index (χ0n) is 9.18. The third-order valence-electron chi connectivity index (χ3n) is 2.25. The van der Waals surface area contributed by atoms with Gasteiger partial charge in [-0.2, -0.15) is 0 Å². The Balaban J connectivity index is 2.58. The molecular weight excluding hydrogens is 275 g/mol. The molecule has 1 atom stereocenters. The van der Waals surface area contributed by atoms with Crippen LogP contribution in [0.1, 0.15) is 12.5 Å². The molecule has 0 bridgehead atoms. The SMILES string of the molecule is CNC(=O)[C@@H](C)NCc1ccc(Br)cc1F. The summed E-state index contributed by atoms with van der Waals surface area (Å²) in [5, 5.41) is 5.46. The van der Waals surface area contributed by atoms with Gasteiger partial charge in [-0.3, -0.25) is 4.79 Å². The van der Waals surface area contributed by atoms with Gasteiger partial charge in [0.1, 0.15) is 5.82 Å². The van der Waals surface area contributed by atoms with Crippen LogP contribution in [-0.2, 0) is 11.3 Å². The highest BCUT2D eigenvalue weighted by molar-refractivity contribution is 9.10. The van der Waals surface area contributed by atoms with E-state index in [1.165, 1.54) is 6.07 Å². The van der Waals surface area contributed by atoms with Gasteiger partial charge in [-0.25, -0.2) is 4.39 Å². The van der Waals surface area contributed by atoms with Crippen molar-refractivity contribution in [1.29, 1.82) is 0 Å². The van der Waals surface area contributed by atoms with E-state index in [9.17, 15) is 9.18 Å². The largest absolute Gasteiger partial charge is 0.358 e. The molecule has 16 heavy (non-hydrogen) atoms. The average Bonchev–Trinajstić information content (AvgIpc) is 2.26. The van der Waals surface area contributed by atoms with E-state index in [4.69, 9.17) is 0 Å². The average molecular weight is 289 g/mol. The Morgan fingerprint density at radius 3 is 2.81 bits per heavy atom. The van der Waals surface area contributed by atoms with Gasteiger partial charge in [-0.05, 0) is 19.1 Å². The minimum Gasteiger partial charge on any atom is -0.358 e. The zero-order chi connectivity index (χ0) is 12.1. The van der Waals surface area contributed by atoms with Crippen LogP contribution in [0, 0.1) is 5.82 Å². The van der Waals surface area contributed by atoms with Crippen LogP contribution in [0.25, 0.3) is 0 Å². The summed E-state index contributed by atoms with van der Waals surface area (Å²) in [7, 11) is 1.57. The van der Waals surface area contributed by atoms with Gasteiger partial charge in [-0.15, -0.1) is 0 Å². The highest BCUT2D eigenvalue weighted by Gasteiger charge is 2.10. The Morgan fingerprint density at radius 1 is 1.56 bits per heavy atom. The summed E-state index contributed by atoms with van der Waals surface area (Å²) in [5.41, 5.74) is 0.541. The summed E-state index contributed by atoms with van der Waals surface area (Å²) in [4.78, 5) is 11.2. The molecule has 5 heteroatoms. The number of carbonyl (C=O) groups is 1. The molecule has 0 aliphatic rings. The van der Waals surface area contributed by atoms with Crippen LogP contribution in [-0.4, -0.2) is 19.0 Å². The van der Waals surface area contributed by atoms with Crippen LogP contribution < -0.4 is 10.6 Å². The highest BCUT2D eigenvalue weighted by Crippen LogP contribution is 2.15. The van der Waals surface area contributed by atoms with E-state index in [1.807, 2.05) is 0 Å². The molecule has 0 aromatic heterocycles. The van der Waals surface area contributed by atoms with Crippen LogP contribution >= 0.6 is 15.9 Å². The minimum atomic E-state index is -0.340. The molecule has 0 aliphatic carbocycles. The summed E-state index contributed by atoms with van der Waals surface area (Å²) < 4.78 is 14.1. The van der Waals surface area contributed by atoms with Crippen molar-refractivity contribution >= 4 is 21.8 Å². The molecule has 0 unspecified atom stereocenters. The van der Waals surface area contributed by atoms with Gasteiger partial charge < -0.3 is 10.6 Å². The van der Waals surface area contributed by atoms with Crippen molar-refractivity contribution in [2.75, 3.05) is 7.05 Å². The van der Waals surface area contributed by atoms with Gasteiger partial charge in [-0.1, -0.05) is 22.0 Å². The van der Waals surface area contributed by atoms with Crippen molar-refractivity contribution in [3.8, 4) is 0 Å². The van der Waals surface area contributed by atoms with Crippen LogP contribution in [0.2, 0.25) is 0 Å². The van der Waals surface area contributed by atoms with Crippen LogP contribution in [0.15, 0.2) is 22.7 Å². The Kier molecular flexibility index (Phi) is 4.89. The van der Waals surface area contributed by atoms with Crippen LogP contribution in [0.3, 0.4) is 0 Å². The van der Waals surface area contributed by atoms with Gasteiger partial charge in [0.2, 0.25) is 5.91 Å². The molecule has 88 valence electrons. The number of hydrogen-bond donors (Lipinski definition) is 2. The predicted octanol–water partition coefficient (Wildman–Crippen LogP) is 1.81. The Morgan fingerprint density at radius 2 is 2.25 bits per heavy atom. The molecule has 0 saturated heterocycles. The van der Waals surface area contributed by atoms with E-state index >= 15 is 0 Å². The van der Waals surface area contributed by atoms with Crippen molar-refractivity contribution in [3.63, 3.8) is 0 Å². The molecule has 0 radical (unpaired) electrons. The number of hydrogen-bond acceptors (Lipinski definition) is 2. The third kappa shape index (κ3) is 3.57. The molecule has 3 nitrogen and oxygen atoms in total. The second-order valence-corrected chi connectivity index (χ2v) is 4.37. The third-order valence-corrected chi connectivity index (χ3v) is 2.75. The summed E-state index contributed by atoms with van der Waals surface area (Å²) in [6, 6.07) is 4.52. The fourth-order valence-corrected chi connectivity index (χ4v) is 1.57. The molecule has 2 N–H and O–H groups in total. The maximum Gasteiger partial charge on any atom is 0.236 e. The minimum absolute atomic E-state index is 0.113. The first-order chi connectivity index (χ1) is 7.54. The summed E-state index contributed by atoms with van der Waals surface area (Å²) in [6.45, 7) is 2.06. The van der Waals surface area contributed by atoms with Crippen LogP contribution in [0.4, 0.5) is 4.39 Å². The quantitative estimate of drug-likeness (QED) is 0.887. The summed E-state index contributed by atoms with van der Waals surface area (Å²) in [6.07, 6.45) is 0. The molecule has 0 saturated carbocycles. The zero-order valence-corrected chi connectivity index (χ0v) is 10.8. The first kappa shape index (κ1) is 13.1. The number of nitrogens with one attached hydrogen (secondary N) is 2. The van der Waals surface area contributed by atoms with Crippen molar-refractivity contribution < 1.29 is 9.18 Å². The molecule has 1 aromatic rings. The van der Waals surface area contributed by atoms with E-state index in [2.05, 4.69) is 26.6 Å². The second-order valence-electron chi connectivity index (χ2n) is 3.45. The fraction of sp³-hybridized carbons (Fsp3) is 0.364. The molecule has 1 aromatic carbocycles. The number of benzene rings is 1. The van der Waals surface area contributed by atoms with Gasteiger partial charge in [0, 0.05) is 23.6 Å². The second kappa shape index (κ2) is 5.96. The highest BCUT2D eigenvalue weighted by atomic mass is 79.9. The van der Waals surface area contributed by atoms with Gasteiger partial charge in [0.25, 0.3) is 0 Å². The lowest BCUT2D eigenvalue weighted by atomic mass is 10.2. The first-order valence-corrected chi connectivity index (χ1v) is 5.72. The van der Waals surface area contributed by atoms with Crippen molar-refractivity contribution in [2.45, 2.75) is 19.5 Å². The lowest BCUT2D eigenvalue weighted by molar-refractivity contribution is -0.122. The molecule has 0 heterocycles. The Bertz CT molecular complexity index is 384. The molecule has 0 aliphatic heterocycles. The van der Waals surface area contributed by atoms with E-state index in [0.29, 0.717) is 16.6 Å². The smallest absolute Gasteiger partial charge is 0.236 e. The monoisotopic (exact) mass is 288 g/mol. The lowest BCUT2D eigenvalue weighted by Crippen LogP contribution is -2.40. The molecule has 0 fully saturated rings. The number of likely N-dealkylation sites (N-methyl/N-ethyl adjacent to an activating group) is 1. The molecular formula is C11H14BrFN2O. The fourth-order valence-electron chi connectivity index (χ4n) is 1.24. The van der Waals surface area contributed by atoms with E-state index < -0.39 is 0 Å². The standard InChI is InChI=1S/C11H14BrFN2O/c1-7(11(16)14-2)15-6-8-3-4-9(12)5-10(8)13/h3-5,7,15H,6H2,1-2H3,(H,14,16)/t7-/m1/s1. The van der Waals surface area contributed by atoms with Gasteiger partial charge in [0.15, 0.2) is 0 Å². The van der Waals surface area contributed by atoms with E-state index in [1.54, 1.807) is 26.1 Å². The van der Waals surface area contributed by atoms with Gasteiger partial charge >= 0.3 is 0 Å². The van der Waals surface area contributed by atoms with E-state index in [0.717, 1.165) is 0 Å². The Labute approximate surface area is 103 Å². The number of carbonyl (C=O) groups excluding carboxylic acids is 1. The normalized spacial score (nSPS) is 12.2. The molecule has 0 spiro atoms. The van der Waals surface area contributed by atoms with Crippen molar-refractivity contribution in [2.24, 2.45) is 0 Å². The first-order valence-electron chi connectivity index (χ1n) is 4.93. The predicted molar refractivity (Wildman–Crippen MR) is 64.5 cm³/mol. The lowest BCUT2D eigenvalue weighted by Gasteiger charge is -2.12. The molecule has 1 rings (SSSR count). The summed E-state index contributed by atoms with van der Waals surface area (Å²) in [5.74, 6) is -0.400. The van der Waals surface area contributed by atoms with Crippen molar-refractivity contribution in [1.82, 2.24) is 10.6 Å². The maximum absolute atomic E-state index is 13.4. The number of amides is 1. The number of halogens is 2. The topological polar surface area (TPSA) is 41.1 Å². The van der Waals surface area contributed by atoms with Gasteiger partial charge in [0.05, 0.1) is 6.04 Å².